The van der Waals surface area contributed by atoms with Crippen LogP contribution < -0.4 is 20.2 Å². The van der Waals surface area contributed by atoms with Crippen LogP contribution in [0.1, 0.15) is 11.1 Å². The molecule has 0 fully saturated rings. The van der Waals surface area contributed by atoms with E-state index in [1.54, 1.807) is 20.4 Å². The van der Waals surface area contributed by atoms with Gasteiger partial charge in [-0.2, -0.15) is 5.10 Å². The van der Waals surface area contributed by atoms with Crippen LogP contribution in [-0.4, -0.2) is 25.5 Å². The zero-order chi connectivity index (χ0) is 16.5. The highest BCUT2D eigenvalue weighted by Gasteiger charge is 2.05. The Labute approximate surface area is 141 Å². The first kappa shape index (κ1) is 16.8. The molecule has 0 spiro atoms. The van der Waals surface area contributed by atoms with Gasteiger partial charge >= 0.3 is 0 Å². The summed E-state index contributed by atoms with van der Waals surface area (Å²) >= 11 is 4.95. The minimum Gasteiger partial charge on any atom is -0.493 e. The number of benzene rings is 2. The monoisotopic (exact) mass is 329 g/mol. The molecule has 2 aromatic carbocycles. The Morgan fingerprint density at radius 1 is 1.17 bits per heavy atom. The molecule has 0 heterocycles. The van der Waals surface area contributed by atoms with Crippen LogP contribution >= 0.6 is 12.2 Å². The first-order chi connectivity index (χ1) is 11.2. The summed E-state index contributed by atoms with van der Waals surface area (Å²) in [5.41, 5.74) is 4.67. The van der Waals surface area contributed by atoms with Gasteiger partial charge in [0.2, 0.25) is 0 Å². The van der Waals surface area contributed by atoms with E-state index in [0.29, 0.717) is 23.2 Å². The van der Waals surface area contributed by atoms with Crippen molar-refractivity contribution < 1.29 is 9.47 Å². The van der Waals surface area contributed by atoms with E-state index in [9.17, 15) is 0 Å². The van der Waals surface area contributed by atoms with Crippen LogP contribution in [-0.2, 0) is 6.61 Å². The third kappa shape index (κ3) is 5.27. The largest absolute Gasteiger partial charge is 0.493 e. The van der Waals surface area contributed by atoms with Crippen LogP contribution in [0.2, 0.25) is 0 Å². The summed E-state index contributed by atoms with van der Waals surface area (Å²) in [6.07, 6.45) is 1.67. The molecule has 23 heavy (non-hydrogen) atoms. The van der Waals surface area contributed by atoms with E-state index in [0.717, 1.165) is 11.1 Å². The van der Waals surface area contributed by atoms with Gasteiger partial charge in [0, 0.05) is 7.05 Å². The lowest BCUT2D eigenvalue weighted by molar-refractivity contribution is 0.284. The van der Waals surface area contributed by atoms with E-state index in [1.807, 2.05) is 48.5 Å². The molecule has 0 aliphatic carbocycles. The van der Waals surface area contributed by atoms with Crippen LogP contribution in [0.25, 0.3) is 0 Å². The molecule has 0 saturated carbocycles. The number of hydrogen-bond donors (Lipinski definition) is 2. The second kappa shape index (κ2) is 8.75. The first-order valence-electron chi connectivity index (χ1n) is 7.08. The maximum absolute atomic E-state index is 5.86. The van der Waals surface area contributed by atoms with Crippen molar-refractivity contribution in [3.8, 4) is 11.5 Å². The van der Waals surface area contributed by atoms with Crippen LogP contribution in [0.5, 0.6) is 11.5 Å². The summed E-state index contributed by atoms with van der Waals surface area (Å²) in [7, 11) is 3.35. The predicted molar refractivity (Wildman–Crippen MR) is 96.2 cm³/mol. The van der Waals surface area contributed by atoms with Crippen molar-refractivity contribution in [1.82, 2.24) is 10.7 Å². The van der Waals surface area contributed by atoms with Gasteiger partial charge in [-0.05, 0) is 41.5 Å². The summed E-state index contributed by atoms with van der Waals surface area (Å²) < 4.78 is 11.2. The molecule has 0 aliphatic heterocycles. The van der Waals surface area contributed by atoms with Crippen LogP contribution in [0, 0.1) is 0 Å². The van der Waals surface area contributed by atoms with Gasteiger partial charge in [-0.1, -0.05) is 30.3 Å². The lowest BCUT2D eigenvalue weighted by atomic mass is 10.2. The van der Waals surface area contributed by atoms with E-state index in [-0.39, 0.29) is 0 Å². The highest BCUT2D eigenvalue weighted by Crippen LogP contribution is 2.28. The quantitative estimate of drug-likeness (QED) is 0.485. The molecule has 6 heteroatoms. The van der Waals surface area contributed by atoms with Crippen molar-refractivity contribution in [2.75, 3.05) is 14.2 Å². The number of hydrazone groups is 1. The van der Waals surface area contributed by atoms with Gasteiger partial charge in [0.1, 0.15) is 6.61 Å². The van der Waals surface area contributed by atoms with Crippen LogP contribution in [0.3, 0.4) is 0 Å². The Kier molecular flexibility index (Phi) is 6.38. The summed E-state index contributed by atoms with van der Waals surface area (Å²) in [6, 6.07) is 15.6. The lowest BCUT2D eigenvalue weighted by Crippen LogP contribution is -2.28. The second-order valence-corrected chi connectivity index (χ2v) is 5.04. The van der Waals surface area contributed by atoms with Crippen molar-refractivity contribution in [1.29, 1.82) is 0 Å². The van der Waals surface area contributed by atoms with Gasteiger partial charge in [-0.15, -0.1) is 0 Å². The Balaban J connectivity index is 2.07. The topological polar surface area (TPSA) is 54.9 Å². The molecule has 0 saturated heterocycles. The van der Waals surface area contributed by atoms with Crippen LogP contribution in [0.15, 0.2) is 53.6 Å². The van der Waals surface area contributed by atoms with E-state index in [4.69, 9.17) is 21.7 Å². The second-order valence-electron chi connectivity index (χ2n) is 4.63. The van der Waals surface area contributed by atoms with E-state index in [2.05, 4.69) is 15.8 Å². The van der Waals surface area contributed by atoms with Crippen molar-refractivity contribution in [2.45, 2.75) is 6.61 Å². The third-order valence-electron chi connectivity index (χ3n) is 3.03. The number of rotatable bonds is 6. The SMILES string of the molecule is CNC(=S)NN=Cc1ccc(OC)c(OCc2ccccc2)c1. The Hall–Kier alpha value is -2.60. The zero-order valence-electron chi connectivity index (χ0n) is 13.1. The number of nitrogens with one attached hydrogen (secondary N) is 2. The minimum atomic E-state index is 0.454. The number of nitrogens with zero attached hydrogens (tertiary/aromatic N) is 1. The fourth-order valence-electron chi connectivity index (χ4n) is 1.84. The number of methoxy groups -OCH3 is 1. The maximum Gasteiger partial charge on any atom is 0.186 e. The van der Waals surface area contributed by atoms with E-state index < -0.39 is 0 Å². The molecular formula is C17H19N3O2S. The van der Waals surface area contributed by atoms with Gasteiger partial charge in [0.05, 0.1) is 13.3 Å². The molecule has 0 unspecified atom stereocenters. The van der Waals surface area contributed by atoms with Gasteiger partial charge in [0.15, 0.2) is 16.6 Å². The molecule has 0 atom stereocenters. The Bertz CT molecular complexity index is 675. The molecule has 2 rings (SSSR count). The number of hydrogen-bond acceptors (Lipinski definition) is 4. The van der Waals surface area contributed by atoms with Crippen LogP contribution in [0.4, 0.5) is 0 Å². The molecule has 2 N–H and O–H groups in total. The molecule has 0 amide bonds. The number of ether oxygens (including phenoxy) is 2. The number of thiocarbonyl (C=S) groups is 1. The molecule has 5 nitrogen and oxygen atoms in total. The van der Waals surface area contributed by atoms with E-state index >= 15 is 0 Å². The minimum absolute atomic E-state index is 0.454. The maximum atomic E-state index is 5.86. The molecule has 0 radical (unpaired) electrons. The average Bonchev–Trinajstić information content (AvgIpc) is 2.60. The van der Waals surface area contributed by atoms with Crippen molar-refractivity contribution in [3.63, 3.8) is 0 Å². The summed E-state index contributed by atoms with van der Waals surface area (Å²) in [6.45, 7) is 0.472. The van der Waals surface area contributed by atoms with Gasteiger partial charge in [-0.3, -0.25) is 5.43 Å². The van der Waals surface area contributed by atoms with Crippen molar-refractivity contribution >= 4 is 23.5 Å². The molecule has 2 aromatic rings. The lowest BCUT2D eigenvalue weighted by Gasteiger charge is -2.11. The van der Waals surface area contributed by atoms with Crippen molar-refractivity contribution in [2.24, 2.45) is 5.10 Å². The van der Waals surface area contributed by atoms with E-state index in [1.165, 1.54) is 0 Å². The standard InChI is InChI=1S/C17H19N3O2S/c1-18-17(23)20-19-11-14-8-9-15(21-2)16(10-14)22-12-13-6-4-3-5-7-13/h3-11H,12H2,1-2H3,(H2,18,20,23). The predicted octanol–water partition coefficient (Wildman–Crippen LogP) is 2.70. The van der Waals surface area contributed by atoms with Gasteiger partial charge < -0.3 is 14.8 Å². The fraction of sp³-hybridized carbons (Fsp3) is 0.176. The summed E-state index contributed by atoms with van der Waals surface area (Å²) in [4.78, 5) is 0. The van der Waals surface area contributed by atoms with Gasteiger partial charge in [-0.25, -0.2) is 0 Å². The fourth-order valence-corrected chi connectivity index (χ4v) is 1.90. The molecule has 0 aromatic heterocycles. The zero-order valence-corrected chi connectivity index (χ0v) is 13.9. The highest BCUT2D eigenvalue weighted by molar-refractivity contribution is 7.80. The highest BCUT2D eigenvalue weighted by atomic mass is 32.1. The Morgan fingerprint density at radius 3 is 2.65 bits per heavy atom. The van der Waals surface area contributed by atoms with Crippen molar-refractivity contribution in [3.05, 3.63) is 59.7 Å². The van der Waals surface area contributed by atoms with Gasteiger partial charge in [0.25, 0.3) is 0 Å². The smallest absolute Gasteiger partial charge is 0.186 e. The first-order valence-corrected chi connectivity index (χ1v) is 7.49. The Morgan fingerprint density at radius 2 is 1.96 bits per heavy atom. The average molecular weight is 329 g/mol. The molecular weight excluding hydrogens is 310 g/mol. The molecule has 0 bridgehead atoms. The third-order valence-corrected chi connectivity index (χ3v) is 3.33. The molecule has 120 valence electrons. The summed E-state index contributed by atoms with van der Waals surface area (Å²) in [5, 5.41) is 7.29. The summed E-state index contributed by atoms with van der Waals surface area (Å²) in [5.74, 6) is 1.34. The molecule has 0 aliphatic rings. The normalized spacial score (nSPS) is 10.3.